The van der Waals surface area contributed by atoms with Crippen LogP contribution >= 0.6 is 23.2 Å². The van der Waals surface area contributed by atoms with Gasteiger partial charge in [-0.05, 0) is 24.1 Å². The van der Waals surface area contributed by atoms with Gasteiger partial charge in [0.25, 0.3) is 0 Å². The smallest absolute Gasteiger partial charge is 0.152 e. The molecule has 1 unspecified atom stereocenters. The summed E-state index contributed by atoms with van der Waals surface area (Å²) in [5, 5.41) is -0.660. The second kappa shape index (κ2) is 4.67. The zero-order valence-electron chi connectivity index (χ0n) is 7.76. The molecule has 0 heterocycles. The van der Waals surface area contributed by atoms with Crippen molar-refractivity contribution in [2.24, 2.45) is 0 Å². The Labute approximate surface area is 93.0 Å². The van der Waals surface area contributed by atoms with Crippen LogP contribution in [0, 0.1) is 0 Å². The summed E-state index contributed by atoms with van der Waals surface area (Å²) in [4.78, 5) is 11.1. The molecule has 2 N–H and O–H groups in total. The third-order valence-corrected chi connectivity index (χ3v) is 2.82. The Morgan fingerprint density at radius 2 is 2.21 bits per heavy atom. The number of halogens is 2. The van der Waals surface area contributed by atoms with E-state index >= 15 is 0 Å². The fourth-order valence-corrected chi connectivity index (χ4v) is 1.75. The maximum Gasteiger partial charge on any atom is 0.152 e. The van der Waals surface area contributed by atoms with Crippen LogP contribution in [0.4, 0.5) is 5.69 Å². The molecule has 1 aromatic rings. The molecule has 0 amide bonds. The zero-order valence-corrected chi connectivity index (χ0v) is 9.27. The summed E-state index contributed by atoms with van der Waals surface area (Å²) >= 11 is 11.7. The number of hydrogen-bond donors (Lipinski definition) is 1. The Bertz CT molecular complexity index is 352. The number of ketones is 1. The van der Waals surface area contributed by atoms with Crippen molar-refractivity contribution in [1.29, 1.82) is 0 Å². The van der Waals surface area contributed by atoms with Gasteiger partial charge in [0, 0.05) is 11.6 Å². The summed E-state index contributed by atoms with van der Waals surface area (Å²) in [5.74, 6) is 0.155. The molecular weight excluding hydrogens is 221 g/mol. The van der Waals surface area contributed by atoms with E-state index in [0.717, 1.165) is 5.56 Å². The number of hydrogen-bond acceptors (Lipinski definition) is 2. The molecule has 0 aliphatic heterocycles. The minimum atomic E-state index is -0.660. The van der Waals surface area contributed by atoms with Gasteiger partial charge < -0.3 is 5.73 Å². The van der Waals surface area contributed by atoms with Crippen LogP contribution in [-0.4, -0.2) is 5.78 Å². The summed E-state index contributed by atoms with van der Waals surface area (Å²) < 4.78 is 0. The van der Waals surface area contributed by atoms with E-state index in [2.05, 4.69) is 0 Å². The van der Waals surface area contributed by atoms with Gasteiger partial charge in [0.05, 0.1) is 0 Å². The van der Waals surface area contributed by atoms with Gasteiger partial charge in [0.15, 0.2) is 5.78 Å². The van der Waals surface area contributed by atoms with Gasteiger partial charge >= 0.3 is 0 Å². The zero-order chi connectivity index (χ0) is 10.7. The summed E-state index contributed by atoms with van der Waals surface area (Å²) in [5.41, 5.74) is 7.73. The lowest BCUT2D eigenvalue weighted by Gasteiger charge is -2.12. The van der Waals surface area contributed by atoms with Gasteiger partial charge in [-0.2, -0.15) is 0 Å². The van der Waals surface area contributed by atoms with Crippen molar-refractivity contribution in [2.75, 3.05) is 5.73 Å². The van der Waals surface area contributed by atoms with Crippen molar-refractivity contribution in [3.63, 3.8) is 0 Å². The van der Waals surface area contributed by atoms with E-state index in [-0.39, 0.29) is 11.7 Å². The van der Waals surface area contributed by atoms with E-state index in [1.54, 1.807) is 18.2 Å². The lowest BCUT2D eigenvalue weighted by Crippen LogP contribution is -2.06. The van der Waals surface area contributed by atoms with Crippen LogP contribution in [0.15, 0.2) is 18.2 Å². The minimum absolute atomic E-state index is 0.108. The Morgan fingerprint density at radius 3 is 2.71 bits per heavy atom. The maximum atomic E-state index is 11.1. The van der Waals surface area contributed by atoms with Gasteiger partial charge in [-0.15, -0.1) is 23.2 Å². The highest BCUT2D eigenvalue weighted by Crippen LogP contribution is 2.29. The van der Waals surface area contributed by atoms with Crippen LogP contribution in [0.1, 0.15) is 23.4 Å². The Hall–Kier alpha value is -0.730. The molecule has 0 saturated carbocycles. The summed E-state index contributed by atoms with van der Waals surface area (Å²) in [6.07, 6.45) is 0. The molecule has 0 aliphatic rings. The van der Waals surface area contributed by atoms with Gasteiger partial charge in [-0.3, -0.25) is 4.79 Å². The monoisotopic (exact) mass is 231 g/mol. The number of carbonyl (C=O) groups excluding carboxylic acids is 1. The van der Waals surface area contributed by atoms with E-state index in [1.807, 2.05) is 0 Å². The quantitative estimate of drug-likeness (QED) is 0.643. The van der Waals surface area contributed by atoms with Crippen LogP contribution in [0.5, 0.6) is 0 Å². The van der Waals surface area contributed by atoms with Gasteiger partial charge in [0.1, 0.15) is 5.38 Å². The first-order valence-corrected chi connectivity index (χ1v) is 5.12. The number of Topliss-reactive ketones (excluding diaryl/α,β-unsaturated/α-hetero) is 1. The van der Waals surface area contributed by atoms with Gasteiger partial charge in [-0.25, -0.2) is 0 Å². The molecule has 1 atom stereocenters. The molecule has 0 fully saturated rings. The average molecular weight is 232 g/mol. The van der Waals surface area contributed by atoms with E-state index in [1.165, 1.54) is 6.92 Å². The number of nitrogens with two attached hydrogens (primary N) is 1. The number of carbonyl (C=O) groups is 1. The molecule has 4 heteroatoms. The number of benzene rings is 1. The molecule has 14 heavy (non-hydrogen) atoms. The molecule has 0 bridgehead atoms. The van der Waals surface area contributed by atoms with Crippen molar-refractivity contribution in [3.05, 3.63) is 29.3 Å². The first-order chi connectivity index (χ1) is 6.57. The molecule has 0 saturated heterocycles. The van der Waals surface area contributed by atoms with Crippen LogP contribution in [0.2, 0.25) is 0 Å². The Kier molecular flexibility index (Phi) is 3.78. The normalized spacial score (nSPS) is 12.5. The first-order valence-electron chi connectivity index (χ1n) is 4.15. The molecule has 2 nitrogen and oxygen atoms in total. The minimum Gasteiger partial charge on any atom is -0.398 e. The average Bonchev–Trinajstić information content (AvgIpc) is 2.16. The van der Waals surface area contributed by atoms with E-state index in [9.17, 15) is 4.79 Å². The first kappa shape index (κ1) is 11.3. The lowest BCUT2D eigenvalue weighted by atomic mass is 10.0. The van der Waals surface area contributed by atoms with Gasteiger partial charge in [-0.1, -0.05) is 12.1 Å². The fraction of sp³-hybridized carbons (Fsp3) is 0.300. The molecule has 0 aliphatic carbocycles. The largest absolute Gasteiger partial charge is 0.398 e. The Morgan fingerprint density at radius 1 is 1.57 bits per heavy atom. The van der Waals surface area contributed by atoms with Crippen molar-refractivity contribution in [1.82, 2.24) is 0 Å². The van der Waals surface area contributed by atoms with Crippen molar-refractivity contribution in [2.45, 2.75) is 18.2 Å². The Balaban J connectivity index is 3.20. The molecule has 0 aromatic heterocycles. The molecule has 0 radical (unpaired) electrons. The standard InChI is InChI=1S/C10H11Cl2NO/c1-6(14)10(12)7-3-2-4-9(13)8(7)5-11/h2-4,10H,5,13H2,1H3. The second-order valence-corrected chi connectivity index (χ2v) is 3.73. The molecule has 0 spiro atoms. The summed E-state index contributed by atoms with van der Waals surface area (Å²) in [7, 11) is 0. The number of anilines is 1. The fourth-order valence-electron chi connectivity index (χ4n) is 1.23. The summed E-state index contributed by atoms with van der Waals surface area (Å²) in [6, 6.07) is 5.27. The third-order valence-electron chi connectivity index (χ3n) is 2.01. The van der Waals surface area contributed by atoms with Gasteiger partial charge in [0.2, 0.25) is 0 Å². The molecule has 1 rings (SSSR count). The highest BCUT2D eigenvalue weighted by molar-refractivity contribution is 6.31. The summed E-state index contributed by atoms with van der Waals surface area (Å²) in [6.45, 7) is 1.44. The highest BCUT2D eigenvalue weighted by Gasteiger charge is 2.17. The maximum absolute atomic E-state index is 11.1. The van der Waals surface area contributed by atoms with Crippen molar-refractivity contribution in [3.8, 4) is 0 Å². The predicted molar refractivity (Wildman–Crippen MR) is 59.7 cm³/mol. The van der Waals surface area contributed by atoms with E-state index < -0.39 is 5.38 Å². The number of rotatable bonds is 3. The van der Waals surface area contributed by atoms with Crippen LogP contribution in [-0.2, 0) is 10.7 Å². The lowest BCUT2D eigenvalue weighted by molar-refractivity contribution is -0.116. The highest BCUT2D eigenvalue weighted by atomic mass is 35.5. The van der Waals surface area contributed by atoms with Crippen LogP contribution in [0.25, 0.3) is 0 Å². The number of nitrogen functional groups attached to an aromatic ring is 1. The SMILES string of the molecule is CC(=O)C(Cl)c1cccc(N)c1CCl. The van der Waals surface area contributed by atoms with Crippen LogP contribution < -0.4 is 5.73 Å². The van der Waals surface area contributed by atoms with Crippen molar-refractivity contribution >= 4 is 34.7 Å². The molecule has 1 aromatic carbocycles. The van der Waals surface area contributed by atoms with Crippen LogP contribution in [0.3, 0.4) is 0 Å². The van der Waals surface area contributed by atoms with Crippen molar-refractivity contribution < 1.29 is 4.79 Å². The third kappa shape index (κ3) is 2.20. The molecule has 76 valence electrons. The number of alkyl halides is 2. The molecular formula is C10H11Cl2NO. The van der Waals surface area contributed by atoms with E-state index in [4.69, 9.17) is 28.9 Å². The topological polar surface area (TPSA) is 43.1 Å². The second-order valence-electron chi connectivity index (χ2n) is 3.02. The van der Waals surface area contributed by atoms with E-state index in [0.29, 0.717) is 11.3 Å². The predicted octanol–water partition coefficient (Wildman–Crippen LogP) is 2.88.